The second-order valence-corrected chi connectivity index (χ2v) is 8.04. The van der Waals surface area contributed by atoms with Crippen molar-refractivity contribution in [3.8, 4) is 0 Å². The fourth-order valence-electron chi connectivity index (χ4n) is 2.95. The molecule has 152 valence electrons. The summed E-state index contributed by atoms with van der Waals surface area (Å²) in [6.07, 6.45) is 1.89. The number of guanidine groups is 1. The monoisotopic (exact) mass is 377 g/mol. The summed E-state index contributed by atoms with van der Waals surface area (Å²) in [6.45, 7) is 14.6. The Labute approximate surface area is 162 Å². The molecule has 0 spiro atoms. The maximum absolute atomic E-state index is 12.2. The molecule has 0 aliphatic carbocycles. The van der Waals surface area contributed by atoms with Gasteiger partial charge >= 0.3 is 0 Å². The second-order valence-electron chi connectivity index (χ2n) is 8.04. The van der Waals surface area contributed by atoms with Crippen LogP contribution in [0.5, 0.6) is 0 Å². The summed E-state index contributed by atoms with van der Waals surface area (Å²) in [5, 5.41) is 14.3. The highest BCUT2D eigenvalue weighted by molar-refractivity contribution is 5.83. The van der Waals surface area contributed by atoms with Crippen LogP contribution in [-0.2, 0) is 17.8 Å². The van der Waals surface area contributed by atoms with E-state index in [0.29, 0.717) is 19.0 Å². The first kappa shape index (κ1) is 21.2. The Hall–Kier alpha value is -2.12. The minimum absolute atomic E-state index is 0.0238. The lowest BCUT2D eigenvalue weighted by atomic mass is 9.92. The molecule has 1 unspecified atom stereocenters. The van der Waals surface area contributed by atoms with Crippen LogP contribution < -0.4 is 16.0 Å². The van der Waals surface area contributed by atoms with Gasteiger partial charge in [-0.2, -0.15) is 5.10 Å². The molecule has 0 radical (unpaired) electrons. The van der Waals surface area contributed by atoms with Crippen LogP contribution in [0.25, 0.3) is 0 Å². The van der Waals surface area contributed by atoms with Crippen LogP contribution in [0.15, 0.2) is 4.99 Å². The summed E-state index contributed by atoms with van der Waals surface area (Å²) in [7, 11) is 0. The first-order chi connectivity index (χ1) is 12.8. The van der Waals surface area contributed by atoms with E-state index in [2.05, 4.69) is 44.9 Å². The molecule has 3 N–H and O–H groups in total. The van der Waals surface area contributed by atoms with Crippen LogP contribution in [-0.4, -0.2) is 52.3 Å². The van der Waals surface area contributed by atoms with Crippen molar-refractivity contribution in [2.45, 2.75) is 72.9 Å². The SMILES string of the molecule is CCNC(=O)C(C)(C)CN=C(NCC)NC1CCc2nc(C(C)C)nn2C1. The van der Waals surface area contributed by atoms with E-state index in [4.69, 9.17) is 0 Å². The number of hydrogen-bond acceptors (Lipinski definition) is 4. The van der Waals surface area contributed by atoms with E-state index in [-0.39, 0.29) is 11.9 Å². The van der Waals surface area contributed by atoms with Crippen molar-refractivity contribution in [3.05, 3.63) is 11.6 Å². The summed E-state index contributed by atoms with van der Waals surface area (Å²) in [4.78, 5) is 21.5. The van der Waals surface area contributed by atoms with Gasteiger partial charge in [-0.05, 0) is 34.1 Å². The molecule has 27 heavy (non-hydrogen) atoms. The molecule has 0 bridgehead atoms. The van der Waals surface area contributed by atoms with Gasteiger partial charge in [-0.25, -0.2) is 9.67 Å². The van der Waals surface area contributed by atoms with Crippen LogP contribution in [0, 0.1) is 5.41 Å². The molecule has 1 atom stereocenters. The molecule has 8 heteroatoms. The fourth-order valence-corrected chi connectivity index (χ4v) is 2.95. The molecule has 2 heterocycles. The molecule has 1 amide bonds. The third-order valence-electron chi connectivity index (χ3n) is 4.66. The number of hydrogen-bond donors (Lipinski definition) is 3. The van der Waals surface area contributed by atoms with Crippen LogP contribution in [0.1, 0.15) is 65.5 Å². The Kier molecular flexibility index (Phi) is 7.21. The van der Waals surface area contributed by atoms with Gasteiger partial charge in [-0.3, -0.25) is 9.79 Å². The number of aryl methyl sites for hydroxylation is 1. The Bertz CT molecular complexity index is 663. The lowest BCUT2D eigenvalue weighted by Gasteiger charge is -2.26. The van der Waals surface area contributed by atoms with Crippen molar-refractivity contribution < 1.29 is 4.79 Å². The number of aliphatic imine (C=N–C) groups is 1. The minimum atomic E-state index is -0.545. The smallest absolute Gasteiger partial charge is 0.227 e. The molecule has 1 aromatic heterocycles. The van der Waals surface area contributed by atoms with Crippen LogP contribution in [0.2, 0.25) is 0 Å². The summed E-state index contributed by atoms with van der Waals surface area (Å²) in [5.41, 5.74) is -0.545. The normalized spacial score (nSPS) is 17.6. The van der Waals surface area contributed by atoms with Crippen molar-refractivity contribution in [1.82, 2.24) is 30.7 Å². The van der Waals surface area contributed by atoms with E-state index in [0.717, 1.165) is 43.5 Å². The van der Waals surface area contributed by atoms with Gasteiger partial charge in [-0.15, -0.1) is 0 Å². The van der Waals surface area contributed by atoms with E-state index in [1.165, 1.54) is 0 Å². The molecule has 0 fully saturated rings. The summed E-state index contributed by atoms with van der Waals surface area (Å²) in [6, 6.07) is 0.240. The van der Waals surface area contributed by atoms with Crippen LogP contribution in [0.4, 0.5) is 0 Å². The van der Waals surface area contributed by atoms with E-state index >= 15 is 0 Å². The summed E-state index contributed by atoms with van der Waals surface area (Å²) in [5.74, 6) is 3.08. The topological polar surface area (TPSA) is 96.2 Å². The lowest BCUT2D eigenvalue weighted by molar-refractivity contribution is -0.128. The number of carbonyl (C=O) groups is 1. The maximum Gasteiger partial charge on any atom is 0.227 e. The van der Waals surface area contributed by atoms with Crippen molar-refractivity contribution >= 4 is 11.9 Å². The Morgan fingerprint density at radius 1 is 1.30 bits per heavy atom. The Morgan fingerprint density at radius 2 is 2.00 bits per heavy atom. The molecule has 2 rings (SSSR count). The molecule has 1 aromatic rings. The number of rotatable bonds is 7. The minimum Gasteiger partial charge on any atom is -0.357 e. The zero-order valence-electron chi connectivity index (χ0n) is 17.6. The highest BCUT2D eigenvalue weighted by Gasteiger charge is 2.27. The zero-order valence-corrected chi connectivity index (χ0v) is 17.6. The van der Waals surface area contributed by atoms with Crippen molar-refractivity contribution in [2.75, 3.05) is 19.6 Å². The van der Waals surface area contributed by atoms with Crippen LogP contribution >= 0.6 is 0 Å². The first-order valence-corrected chi connectivity index (χ1v) is 10.0. The van der Waals surface area contributed by atoms with Gasteiger partial charge in [0.1, 0.15) is 5.82 Å². The highest BCUT2D eigenvalue weighted by Crippen LogP contribution is 2.18. The number of amides is 1. The highest BCUT2D eigenvalue weighted by atomic mass is 16.2. The molecule has 1 aliphatic heterocycles. The van der Waals surface area contributed by atoms with Gasteiger partial charge in [0.25, 0.3) is 0 Å². The number of carbonyl (C=O) groups excluding carboxylic acids is 1. The summed E-state index contributed by atoms with van der Waals surface area (Å²) >= 11 is 0. The van der Waals surface area contributed by atoms with Crippen molar-refractivity contribution in [2.24, 2.45) is 10.4 Å². The van der Waals surface area contributed by atoms with E-state index in [1.54, 1.807) is 0 Å². The van der Waals surface area contributed by atoms with Gasteiger partial charge in [-0.1, -0.05) is 13.8 Å². The van der Waals surface area contributed by atoms with Crippen molar-refractivity contribution in [3.63, 3.8) is 0 Å². The van der Waals surface area contributed by atoms with E-state index in [9.17, 15) is 4.79 Å². The van der Waals surface area contributed by atoms with Gasteiger partial charge in [0.15, 0.2) is 11.8 Å². The quantitative estimate of drug-likeness (QED) is 0.493. The largest absolute Gasteiger partial charge is 0.357 e. The Balaban J connectivity index is 2.02. The first-order valence-electron chi connectivity index (χ1n) is 10.0. The predicted molar refractivity (Wildman–Crippen MR) is 108 cm³/mol. The van der Waals surface area contributed by atoms with Crippen LogP contribution in [0.3, 0.4) is 0 Å². The number of nitrogens with zero attached hydrogens (tertiary/aromatic N) is 4. The van der Waals surface area contributed by atoms with Crippen molar-refractivity contribution in [1.29, 1.82) is 0 Å². The molecule has 1 aliphatic rings. The third-order valence-corrected chi connectivity index (χ3v) is 4.66. The predicted octanol–water partition coefficient (Wildman–Crippen LogP) is 1.43. The number of fused-ring (bicyclic) bond motifs is 1. The number of nitrogens with one attached hydrogen (secondary N) is 3. The lowest BCUT2D eigenvalue weighted by Crippen LogP contribution is -2.48. The second kappa shape index (κ2) is 9.19. The average molecular weight is 378 g/mol. The summed E-state index contributed by atoms with van der Waals surface area (Å²) < 4.78 is 2.01. The molecule has 0 saturated heterocycles. The molecule has 0 saturated carbocycles. The third kappa shape index (κ3) is 5.68. The van der Waals surface area contributed by atoms with Gasteiger partial charge in [0.05, 0.1) is 18.5 Å². The molecule has 8 nitrogen and oxygen atoms in total. The fraction of sp³-hybridized carbons (Fsp3) is 0.789. The van der Waals surface area contributed by atoms with Gasteiger partial charge < -0.3 is 16.0 Å². The standard InChI is InChI=1S/C19H35N7O/c1-7-20-17(27)19(5,6)12-22-18(21-8-2)23-14-9-10-15-24-16(13(3)4)25-26(15)11-14/h13-14H,7-12H2,1-6H3,(H,20,27)(H2,21,22,23). The number of aromatic nitrogens is 3. The van der Waals surface area contributed by atoms with E-state index in [1.807, 2.05) is 32.4 Å². The molecule has 0 aromatic carbocycles. The van der Waals surface area contributed by atoms with E-state index < -0.39 is 5.41 Å². The molecular formula is C19H35N7O. The van der Waals surface area contributed by atoms with Gasteiger partial charge in [0, 0.05) is 31.5 Å². The maximum atomic E-state index is 12.2. The zero-order chi connectivity index (χ0) is 20.0. The Morgan fingerprint density at radius 3 is 2.63 bits per heavy atom. The molecular weight excluding hydrogens is 342 g/mol. The van der Waals surface area contributed by atoms with Gasteiger partial charge in [0.2, 0.25) is 5.91 Å². The average Bonchev–Trinajstić information content (AvgIpc) is 3.04.